The van der Waals surface area contributed by atoms with Crippen LogP contribution in [-0.2, 0) is 6.42 Å². The van der Waals surface area contributed by atoms with Gasteiger partial charge < -0.3 is 15.4 Å². The standard InChI is InChI=1S/C18H27F3N4O/c1-22-17(23-9-7-14-3-5-16(26-2)6-4-14)24-11-15-8-10-25(12-15)13-18(19,20)21/h3-6,15H,7-13H2,1-2H3,(H2,22,23,24). The molecule has 1 heterocycles. The Kier molecular flexibility index (Phi) is 7.56. The summed E-state index contributed by atoms with van der Waals surface area (Å²) in [5.41, 5.74) is 1.19. The van der Waals surface area contributed by atoms with Crippen molar-refractivity contribution in [3.05, 3.63) is 29.8 Å². The molecule has 0 saturated carbocycles. The Morgan fingerprint density at radius 1 is 1.27 bits per heavy atom. The Morgan fingerprint density at radius 2 is 2.00 bits per heavy atom. The van der Waals surface area contributed by atoms with Gasteiger partial charge in [-0.15, -0.1) is 0 Å². The van der Waals surface area contributed by atoms with E-state index in [1.807, 2.05) is 24.3 Å². The third-order valence-corrected chi connectivity index (χ3v) is 4.42. The van der Waals surface area contributed by atoms with Gasteiger partial charge in [0.05, 0.1) is 13.7 Å². The number of halogens is 3. The van der Waals surface area contributed by atoms with Crippen molar-refractivity contribution in [2.75, 3.05) is 46.9 Å². The van der Waals surface area contributed by atoms with Crippen LogP contribution in [-0.4, -0.2) is 63.9 Å². The summed E-state index contributed by atoms with van der Waals surface area (Å²) < 4.78 is 42.4. The zero-order chi connectivity index (χ0) is 19.0. The van der Waals surface area contributed by atoms with Crippen molar-refractivity contribution in [1.29, 1.82) is 0 Å². The van der Waals surface area contributed by atoms with Gasteiger partial charge in [-0.2, -0.15) is 13.2 Å². The van der Waals surface area contributed by atoms with E-state index in [0.29, 0.717) is 25.6 Å². The van der Waals surface area contributed by atoms with Crippen LogP contribution in [0.15, 0.2) is 29.3 Å². The van der Waals surface area contributed by atoms with Crippen LogP contribution in [0, 0.1) is 5.92 Å². The van der Waals surface area contributed by atoms with Gasteiger partial charge in [0, 0.05) is 26.7 Å². The lowest BCUT2D eigenvalue weighted by atomic mass is 10.1. The summed E-state index contributed by atoms with van der Waals surface area (Å²) in [4.78, 5) is 5.63. The van der Waals surface area contributed by atoms with E-state index in [1.165, 1.54) is 10.5 Å². The molecule has 1 unspecified atom stereocenters. The maximum atomic E-state index is 12.4. The number of nitrogens with one attached hydrogen (secondary N) is 2. The average molecular weight is 372 g/mol. The van der Waals surface area contributed by atoms with Gasteiger partial charge in [0.15, 0.2) is 5.96 Å². The normalized spacial score (nSPS) is 18.8. The molecule has 0 aromatic heterocycles. The van der Waals surface area contributed by atoms with Crippen molar-refractivity contribution in [1.82, 2.24) is 15.5 Å². The van der Waals surface area contributed by atoms with Crippen molar-refractivity contribution in [2.45, 2.75) is 19.0 Å². The molecule has 2 rings (SSSR count). The van der Waals surface area contributed by atoms with Gasteiger partial charge >= 0.3 is 6.18 Å². The minimum Gasteiger partial charge on any atom is -0.497 e. The van der Waals surface area contributed by atoms with Crippen LogP contribution < -0.4 is 15.4 Å². The number of guanidine groups is 1. The molecule has 2 N–H and O–H groups in total. The maximum Gasteiger partial charge on any atom is 0.401 e. The first-order chi connectivity index (χ1) is 12.4. The average Bonchev–Trinajstić information content (AvgIpc) is 3.04. The van der Waals surface area contributed by atoms with Crippen LogP contribution >= 0.6 is 0 Å². The van der Waals surface area contributed by atoms with E-state index in [9.17, 15) is 13.2 Å². The fraction of sp³-hybridized carbons (Fsp3) is 0.611. The molecule has 0 spiro atoms. The Morgan fingerprint density at radius 3 is 2.62 bits per heavy atom. The molecule has 0 radical (unpaired) electrons. The first-order valence-corrected chi connectivity index (χ1v) is 8.76. The van der Waals surface area contributed by atoms with E-state index in [0.717, 1.165) is 25.1 Å². The molecule has 146 valence electrons. The van der Waals surface area contributed by atoms with E-state index < -0.39 is 12.7 Å². The fourth-order valence-corrected chi connectivity index (χ4v) is 3.06. The topological polar surface area (TPSA) is 48.9 Å². The lowest BCUT2D eigenvalue weighted by molar-refractivity contribution is -0.143. The monoisotopic (exact) mass is 372 g/mol. The number of benzene rings is 1. The van der Waals surface area contributed by atoms with Gasteiger partial charge in [0.25, 0.3) is 0 Å². The highest BCUT2D eigenvalue weighted by Crippen LogP contribution is 2.22. The Hall–Kier alpha value is -1.96. The van der Waals surface area contributed by atoms with Crippen LogP contribution in [0.4, 0.5) is 13.2 Å². The highest BCUT2D eigenvalue weighted by atomic mass is 19.4. The molecule has 1 aromatic rings. The largest absolute Gasteiger partial charge is 0.497 e. The third-order valence-electron chi connectivity index (χ3n) is 4.42. The van der Waals surface area contributed by atoms with E-state index in [-0.39, 0.29) is 5.92 Å². The van der Waals surface area contributed by atoms with Gasteiger partial charge in [-0.25, -0.2) is 0 Å². The molecule has 1 aliphatic heterocycles. The molecular formula is C18H27F3N4O. The molecule has 5 nitrogen and oxygen atoms in total. The van der Waals surface area contributed by atoms with Crippen molar-refractivity contribution in [3.8, 4) is 5.75 Å². The molecular weight excluding hydrogens is 345 g/mol. The predicted molar refractivity (Wildman–Crippen MR) is 96.7 cm³/mol. The third kappa shape index (κ3) is 7.11. The van der Waals surface area contributed by atoms with Gasteiger partial charge in [0.1, 0.15) is 5.75 Å². The van der Waals surface area contributed by atoms with Crippen LogP contribution in [0.3, 0.4) is 0 Å². The lowest BCUT2D eigenvalue weighted by Crippen LogP contribution is -2.41. The Balaban J connectivity index is 1.66. The number of methoxy groups -OCH3 is 1. The number of rotatable bonds is 7. The molecule has 8 heteroatoms. The molecule has 0 bridgehead atoms. The van der Waals surface area contributed by atoms with Crippen molar-refractivity contribution < 1.29 is 17.9 Å². The van der Waals surface area contributed by atoms with E-state index >= 15 is 0 Å². The van der Waals surface area contributed by atoms with Crippen molar-refractivity contribution in [3.63, 3.8) is 0 Å². The number of aliphatic imine (C=N–C) groups is 1. The van der Waals surface area contributed by atoms with Crippen LogP contribution in [0.25, 0.3) is 0 Å². The number of alkyl halides is 3. The van der Waals surface area contributed by atoms with Gasteiger partial charge in [-0.1, -0.05) is 12.1 Å². The fourth-order valence-electron chi connectivity index (χ4n) is 3.06. The number of ether oxygens (including phenoxy) is 1. The Bertz CT molecular complexity index is 575. The second-order valence-electron chi connectivity index (χ2n) is 6.48. The summed E-state index contributed by atoms with van der Waals surface area (Å²) in [7, 11) is 3.33. The number of likely N-dealkylation sites (tertiary alicyclic amines) is 1. The van der Waals surface area contributed by atoms with Gasteiger partial charge in [0.2, 0.25) is 0 Å². The summed E-state index contributed by atoms with van der Waals surface area (Å²) in [6.45, 7) is 1.48. The van der Waals surface area contributed by atoms with E-state index in [2.05, 4.69) is 15.6 Å². The summed E-state index contributed by atoms with van der Waals surface area (Å²) >= 11 is 0. The van der Waals surface area contributed by atoms with Crippen molar-refractivity contribution >= 4 is 5.96 Å². The number of hydrogen-bond acceptors (Lipinski definition) is 3. The molecule has 1 saturated heterocycles. The van der Waals surface area contributed by atoms with E-state index in [1.54, 1.807) is 14.2 Å². The number of hydrogen-bond donors (Lipinski definition) is 2. The molecule has 26 heavy (non-hydrogen) atoms. The molecule has 0 aliphatic carbocycles. The van der Waals surface area contributed by atoms with Crippen LogP contribution in [0.2, 0.25) is 0 Å². The smallest absolute Gasteiger partial charge is 0.401 e. The van der Waals surface area contributed by atoms with Crippen LogP contribution in [0.5, 0.6) is 5.75 Å². The van der Waals surface area contributed by atoms with Crippen molar-refractivity contribution in [2.24, 2.45) is 10.9 Å². The number of nitrogens with zero attached hydrogens (tertiary/aromatic N) is 2. The summed E-state index contributed by atoms with van der Waals surface area (Å²) in [6.07, 6.45) is -2.51. The summed E-state index contributed by atoms with van der Waals surface area (Å²) in [6, 6.07) is 7.89. The zero-order valence-corrected chi connectivity index (χ0v) is 15.3. The lowest BCUT2D eigenvalue weighted by Gasteiger charge is -2.18. The second-order valence-corrected chi connectivity index (χ2v) is 6.48. The molecule has 1 atom stereocenters. The SMILES string of the molecule is CN=C(NCCc1ccc(OC)cc1)NCC1CCN(CC(F)(F)F)C1. The van der Waals surface area contributed by atoms with Gasteiger partial charge in [-0.05, 0) is 43.0 Å². The van der Waals surface area contributed by atoms with Gasteiger partial charge in [-0.3, -0.25) is 9.89 Å². The first kappa shape index (κ1) is 20.4. The highest BCUT2D eigenvalue weighted by Gasteiger charge is 2.34. The van der Waals surface area contributed by atoms with Crippen LogP contribution in [0.1, 0.15) is 12.0 Å². The summed E-state index contributed by atoms with van der Waals surface area (Å²) in [5.74, 6) is 1.71. The van der Waals surface area contributed by atoms with E-state index in [4.69, 9.17) is 4.74 Å². The Labute approximate surface area is 152 Å². The predicted octanol–water partition coefficient (Wildman–Crippen LogP) is 2.29. The minimum atomic E-state index is -4.12. The minimum absolute atomic E-state index is 0.206. The molecule has 1 fully saturated rings. The first-order valence-electron chi connectivity index (χ1n) is 8.76. The molecule has 0 amide bonds. The highest BCUT2D eigenvalue weighted by molar-refractivity contribution is 5.79. The second kappa shape index (κ2) is 9.66. The maximum absolute atomic E-state index is 12.4. The summed E-state index contributed by atoms with van der Waals surface area (Å²) in [5, 5.41) is 6.44. The zero-order valence-electron chi connectivity index (χ0n) is 15.3. The quantitative estimate of drug-likeness (QED) is 0.570. The molecule has 1 aliphatic rings. The molecule has 1 aromatic carbocycles.